The molecule has 0 spiro atoms. The highest BCUT2D eigenvalue weighted by Gasteiger charge is 2.25. The average Bonchev–Trinajstić information content (AvgIpc) is 3.14. The van der Waals surface area contributed by atoms with Crippen molar-refractivity contribution in [3.05, 3.63) is 33.4 Å². The number of amides is 1. The summed E-state index contributed by atoms with van der Waals surface area (Å²) in [6.07, 6.45) is 3.87. The van der Waals surface area contributed by atoms with E-state index in [1.54, 1.807) is 6.20 Å². The van der Waals surface area contributed by atoms with Crippen molar-refractivity contribution in [1.82, 2.24) is 15.3 Å². The van der Waals surface area contributed by atoms with Gasteiger partial charge in [-0.15, -0.1) is 0 Å². The van der Waals surface area contributed by atoms with Gasteiger partial charge in [0.25, 0.3) is 5.91 Å². The molecular formula is C13H13BrN4OS. The molecule has 5 nitrogen and oxygen atoms in total. The van der Waals surface area contributed by atoms with Crippen molar-refractivity contribution in [1.29, 1.82) is 0 Å². The Bertz CT molecular complexity index is 636. The molecular weight excluding hydrogens is 340 g/mol. The second-order valence-corrected chi connectivity index (χ2v) is 6.58. The molecule has 2 heterocycles. The van der Waals surface area contributed by atoms with Crippen LogP contribution in [-0.2, 0) is 0 Å². The van der Waals surface area contributed by atoms with Gasteiger partial charge in [0, 0.05) is 16.7 Å². The minimum atomic E-state index is -0.0284. The van der Waals surface area contributed by atoms with Gasteiger partial charge in [-0.05, 0) is 47.8 Å². The molecule has 0 bridgehead atoms. The second kappa shape index (κ2) is 5.49. The van der Waals surface area contributed by atoms with E-state index in [0.29, 0.717) is 21.9 Å². The fourth-order valence-corrected chi connectivity index (χ4v) is 2.81. The van der Waals surface area contributed by atoms with Crippen molar-refractivity contribution in [2.24, 2.45) is 0 Å². The lowest BCUT2D eigenvalue weighted by molar-refractivity contribution is 0.0954. The van der Waals surface area contributed by atoms with Gasteiger partial charge in [-0.1, -0.05) is 11.3 Å². The molecule has 20 heavy (non-hydrogen) atoms. The molecule has 1 amide bonds. The molecule has 2 aromatic rings. The minimum absolute atomic E-state index is 0.0284. The zero-order valence-electron chi connectivity index (χ0n) is 10.8. The zero-order chi connectivity index (χ0) is 14.1. The Kier molecular flexibility index (Phi) is 3.71. The van der Waals surface area contributed by atoms with E-state index in [1.807, 2.05) is 19.1 Å². The summed E-state index contributed by atoms with van der Waals surface area (Å²) in [5.74, 6) is 0.676. The van der Waals surface area contributed by atoms with E-state index >= 15 is 0 Å². The number of hydrogen-bond donors (Lipinski definition) is 2. The second-order valence-electron chi connectivity index (χ2n) is 4.67. The third kappa shape index (κ3) is 3.16. The number of hydrogen-bond acceptors (Lipinski definition) is 5. The fraction of sp³-hybridized carbons (Fsp3) is 0.308. The molecule has 0 unspecified atom stereocenters. The zero-order valence-corrected chi connectivity index (χ0v) is 13.2. The van der Waals surface area contributed by atoms with Crippen molar-refractivity contribution in [3.8, 4) is 0 Å². The summed E-state index contributed by atoms with van der Waals surface area (Å²) < 4.78 is 0.919. The van der Waals surface area contributed by atoms with Crippen LogP contribution in [0, 0.1) is 6.92 Å². The number of rotatable bonds is 4. The number of aromatic nitrogens is 2. The molecule has 7 heteroatoms. The van der Waals surface area contributed by atoms with E-state index < -0.39 is 0 Å². The fourth-order valence-electron chi connectivity index (χ4n) is 1.70. The Hall–Kier alpha value is -1.47. The van der Waals surface area contributed by atoms with Gasteiger partial charge in [0.05, 0.1) is 5.69 Å². The van der Waals surface area contributed by atoms with Crippen molar-refractivity contribution < 1.29 is 4.79 Å². The van der Waals surface area contributed by atoms with E-state index in [-0.39, 0.29) is 5.91 Å². The van der Waals surface area contributed by atoms with Crippen molar-refractivity contribution in [2.45, 2.75) is 25.8 Å². The van der Waals surface area contributed by atoms with E-state index in [1.165, 1.54) is 11.3 Å². The maximum absolute atomic E-state index is 12.0. The van der Waals surface area contributed by atoms with Gasteiger partial charge in [-0.2, -0.15) is 0 Å². The molecule has 1 aliphatic rings. The Balaban J connectivity index is 1.74. The minimum Gasteiger partial charge on any atom is -0.349 e. The predicted molar refractivity (Wildman–Crippen MR) is 82.6 cm³/mol. The molecule has 3 rings (SSSR count). The normalized spacial score (nSPS) is 14.1. The summed E-state index contributed by atoms with van der Waals surface area (Å²) in [5, 5.41) is 6.77. The van der Waals surface area contributed by atoms with Crippen molar-refractivity contribution in [3.63, 3.8) is 0 Å². The highest BCUT2D eigenvalue weighted by Crippen LogP contribution is 2.27. The maximum Gasteiger partial charge on any atom is 0.263 e. The van der Waals surface area contributed by atoms with E-state index in [2.05, 4.69) is 36.5 Å². The lowest BCUT2D eigenvalue weighted by atomic mass is 10.4. The van der Waals surface area contributed by atoms with Crippen molar-refractivity contribution >= 4 is 44.1 Å². The number of carbonyl (C=O) groups excluding carboxylic acids is 1. The first kappa shape index (κ1) is 13.5. The standard InChI is InChI=1S/C13H13BrN4OS/c1-7-11(12(19)17-9-3-4-9)20-13(16-7)18-10-5-2-8(14)6-15-10/h2,5-6,9H,3-4H2,1H3,(H,17,19)(H,15,16,18). The number of nitrogens with one attached hydrogen (secondary N) is 2. The number of thiazole rings is 1. The van der Waals surface area contributed by atoms with Crippen LogP contribution in [0.2, 0.25) is 0 Å². The molecule has 0 aliphatic heterocycles. The van der Waals surface area contributed by atoms with Crippen LogP contribution in [0.3, 0.4) is 0 Å². The van der Waals surface area contributed by atoms with Crippen LogP contribution in [0.5, 0.6) is 0 Å². The van der Waals surface area contributed by atoms with Gasteiger partial charge in [-0.25, -0.2) is 9.97 Å². The topological polar surface area (TPSA) is 66.9 Å². The van der Waals surface area contributed by atoms with Crippen molar-refractivity contribution in [2.75, 3.05) is 5.32 Å². The Labute approximate surface area is 129 Å². The molecule has 0 saturated heterocycles. The third-order valence-corrected chi connectivity index (χ3v) is 4.42. The third-order valence-electron chi connectivity index (χ3n) is 2.88. The smallest absolute Gasteiger partial charge is 0.263 e. The van der Waals surface area contributed by atoms with Crippen LogP contribution in [0.25, 0.3) is 0 Å². The molecule has 1 aliphatic carbocycles. The maximum atomic E-state index is 12.0. The monoisotopic (exact) mass is 352 g/mol. The molecule has 1 fully saturated rings. The van der Waals surface area contributed by atoms with E-state index in [9.17, 15) is 4.79 Å². The summed E-state index contributed by atoms with van der Waals surface area (Å²) in [4.78, 5) is 21.3. The summed E-state index contributed by atoms with van der Waals surface area (Å²) in [6.45, 7) is 1.85. The number of aryl methyl sites for hydroxylation is 1. The van der Waals surface area contributed by atoms with Crippen LogP contribution >= 0.6 is 27.3 Å². The SMILES string of the molecule is Cc1nc(Nc2ccc(Br)cn2)sc1C(=O)NC1CC1. The van der Waals surface area contributed by atoms with Gasteiger partial charge < -0.3 is 10.6 Å². The molecule has 2 aromatic heterocycles. The predicted octanol–water partition coefficient (Wildman–Crippen LogP) is 3.24. The van der Waals surface area contributed by atoms with E-state index in [4.69, 9.17) is 0 Å². The number of halogens is 1. The summed E-state index contributed by atoms with van der Waals surface area (Å²) in [6, 6.07) is 4.11. The van der Waals surface area contributed by atoms with E-state index in [0.717, 1.165) is 23.0 Å². The lowest BCUT2D eigenvalue weighted by Crippen LogP contribution is -2.25. The molecule has 0 radical (unpaired) electrons. The van der Waals surface area contributed by atoms with Crippen LogP contribution in [0.1, 0.15) is 28.2 Å². The Morgan fingerprint density at radius 2 is 2.25 bits per heavy atom. The van der Waals surface area contributed by atoms with Gasteiger partial charge in [-0.3, -0.25) is 4.79 Å². The Morgan fingerprint density at radius 1 is 1.45 bits per heavy atom. The highest BCUT2D eigenvalue weighted by molar-refractivity contribution is 9.10. The van der Waals surface area contributed by atoms with Crippen LogP contribution in [-0.4, -0.2) is 21.9 Å². The number of pyridine rings is 1. The van der Waals surface area contributed by atoms with Gasteiger partial charge in [0.15, 0.2) is 5.13 Å². The summed E-state index contributed by atoms with van der Waals surface area (Å²) in [7, 11) is 0. The first-order valence-corrected chi connectivity index (χ1v) is 7.89. The van der Waals surface area contributed by atoms with Crippen LogP contribution < -0.4 is 10.6 Å². The van der Waals surface area contributed by atoms with Crippen LogP contribution in [0.4, 0.5) is 10.9 Å². The number of anilines is 2. The molecule has 2 N–H and O–H groups in total. The molecule has 104 valence electrons. The van der Waals surface area contributed by atoms with Gasteiger partial charge in [0.2, 0.25) is 0 Å². The van der Waals surface area contributed by atoms with Crippen LogP contribution in [0.15, 0.2) is 22.8 Å². The molecule has 0 atom stereocenters. The first-order valence-electron chi connectivity index (χ1n) is 6.28. The average molecular weight is 353 g/mol. The van der Waals surface area contributed by atoms with Gasteiger partial charge in [0.1, 0.15) is 10.7 Å². The molecule has 1 saturated carbocycles. The summed E-state index contributed by atoms with van der Waals surface area (Å²) >= 11 is 4.69. The lowest BCUT2D eigenvalue weighted by Gasteiger charge is -2.01. The van der Waals surface area contributed by atoms with Gasteiger partial charge >= 0.3 is 0 Å². The quantitative estimate of drug-likeness (QED) is 0.886. The largest absolute Gasteiger partial charge is 0.349 e. The highest BCUT2D eigenvalue weighted by atomic mass is 79.9. The Morgan fingerprint density at radius 3 is 2.90 bits per heavy atom. The molecule has 0 aromatic carbocycles. The summed E-state index contributed by atoms with van der Waals surface area (Å²) in [5.41, 5.74) is 0.743. The number of nitrogens with zero attached hydrogens (tertiary/aromatic N) is 2. The number of carbonyl (C=O) groups is 1. The first-order chi connectivity index (χ1) is 9.61.